The standard InChI is InChI=1S/C26H26N4O4/c1-15-6-9-19(10-7-15)24-28-25(34-29-24)23-17(3)13-18(4)30(26(23)32)14-22(31)27-20-12-16(2)8-11-21(20)33-5/h6-13H,14H2,1-5H3,(H,27,31). The van der Waals surface area contributed by atoms with Crippen LogP contribution < -0.4 is 15.6 Å². The zero-order chi connectivity index (χ0) is 24.4. The number of amides is 1. The van der Waals surface area contributed by atoms with E-state index < -0.39 is 0 Å². The molecule has 0 radical (unpaired) electrons. The second-order valence-electron chi connectivity index (χ2n) is 8.28. The highest BCUT2D eigenvalue weighted by molar-refractivity contribution is 5.92. The highest BCUT2D eigenvalue weighted by Gasteiger charge is 2.20. The highest BCUT2D eigenvalue weighted by Crippen LogP contribution is 2.26. The van der Waals surface area contributed by atoms with E-state index in [1.54, 1.807) is 13.0 Å². The molecule has 0 fully saturated rings. The van der Waals surface area contributed by atoms with Gasteiger partial charge in [-0.1, -0.05) is 41.1 Å². The molecule has 8 nitrogen and oxygen atoms in total. The fourth-order valence-electron chi connectivity index (χ4n) is 3.78. The summed E-state index contributed by atoms with van der Waals surface area (Å²) < 4.78 is 12.2. The van der Waals surface area contributed by atoms with Crippen LogP contribution in [-0.4, -0.2) is 27.7 Å². The van der Waals surface area contributed by atoms with Crippen molar-refractivity contribution >= 4 is 11.6 Å². The van der Waals surface area contributed by atoms with Crippen molar-refractivity contribution in [2.75, 3.05) is 12.4 Å². The SMILES string of the molecule is COc1ccc(C)cc1NC(=O)Cn1c(C)cc(C)c(-c2nc(-c3ccc(C)cc3)no2)c1=O. The number of carbonyl (C=O) groups is 1. The van der Waals surface area contributed by atoms with Gasteiger partial charge in [0.1, 0.15) is 17.9 Å². The second kappa shape index (κ2) is 9.35. The number of hydrogen-bond acceptors (Lipinski definition) is 6. The van der Waals surface area contributed by atoms with Gasteiger partial charge in [0.05, 0.1) is 12.8 Å². The Hall–Kier alpha value is -4.20. The van der Waals surface area contributed by atoms with Gasteiger partial charge >= 0.3 is 0 Å². The number of anilines is 1. The second-order valence-corrected chi connectivity index (χ2v) is 8.28. The average Bonchev–Trinajstić information content (AvgIpc) is 3.27. The number of methoxy groups -OCH3 is 1. The largest absolute Gasteiger partial charge is 0.495 e. The molecule has 0 saturated carbocycles. The summed E-state index contributed by atoms with van der Waals surface area (Å²) >= 11 is 0. The molecule has 0 bridgehead atoms. The average molecular weight is 459 g/mol. The van der Waals surface area contributed by atoms with E-state index >= 15 is 0 Å². The molecule has 2 aromatic carbocycles. The van der Waals surface area contributed by atoms with Crippen LogP contribution in [0.15, 0.2) is 57.8 Å². The molecule has 0 aliphatic carbocycles. The van der Waals surface area contributed by atoms with Crippen LogP contribution in [0.25, 0.3) is 22.8 Å². The molecule has 0 spiro atoms. The predicted molar refractivity (Wildman–Crippen MR) is 130 cm³/mol. The Morgan fingerprint density at radius 1 is 1.03 bits per heavy atom. The lowest BCUT2D eigenvalue weighted by Crippen LogP contribution is -2.30. The van der Waals surface area contributed by atoms with E-state index in [4.69, 9.17) is 9.26 Å². The van der Waals surface area contributed by atoms with Crippen molar-refractivity contribution in [1.29, 1.82) is 0 Å². The smallest absolute Gasteiger partial charge is 0.264 e. The Labute approximate surface area is 197 Å². The molecule has 1 N–H and O–H groups in total. The van der Waals surface area contributed by atoms with Crippen molar-refractivity contribution in [3.8, 4) is 28.6 Å². The summed E-state index contributed by atoms with van der Waals surface area (Å²) in [5.74, 6) is 0.703. The number of pyridine rings is 1. The van der Waals surface area contributed by atoms with Crippen molar-refractivity contribution in [3.63, 3.8) is 0 Å². The molecule has 2 aromatic heterocycles. The lowest BCUT2D eigenvalue weighted by Gasteiger charge is -2.14. The first-order chi connectivity index (χ1) is 16.3. The Bertz CT molecular complexity index is 1420. The number of hydrogen-bond donors (Lipinski definition) is 1. The monoisotopic (exact) mass is 458 g/mol. The normalized spacial score (nSPS) is 10.9. The molecule has 0 unspecified atom stereocenters. The van der Waals surface area contributed by atoms with E-state index in [0.717, 1.165) is 16.7 Å². The van der Waals surface area contributed by atoms with Crippen LogP contribution >= 0.6 is 0 Å². The summed E-state index contributed by atoms with van der Waals surface area (Å²) in [6.45, 7) is 7.33. The molecule has 8 heteroatoms. The molecule has 0 saturated heterocycles. The third-order valence-electron chi connectivity index (χ3n) is 5.58. The number of nitrogens with one attached hydrogen (secondary N) is 1. The molecule has 0 atom stereocenters. The molecule has 174 valence electrons. The van der Waals surface area contributed by atoms with E-state index in [0.29, 0.717) is 28.5 Å². The quantitative estimate of drug-likeness (QED) is 0.458. The Balaban J connectivity index is 1.65. The van der Waals surface area contributed by atoms with Crippen LogP contribution in [-0.2, 0) is 11.3 Å². The van der Waals surface area contributed by atoms with Gasteiger partial charge in [-0.15, -0.1) is 0 Å². The van der Waals surface area contributed by atoms with Gasteiger partial charge in [0, 0.05) is 11.3 Å². The number of ether oxygens (including phenoxy) is 1. The third-order valence-corrected chi connectivity index (χ3v) is 5.58. The molecule has 0 aliphatic rings. The van der Waals surface area contributed by atoms with Gasteiger partial charge in [0.2, 0.25) is 11.7 Å². The summed E-state index contributed by atoms with van der Waals surface area (Å²) in [6, 6.07) is 15.0. The van der Waals surface area contributed by atoms with Crippen LogP contribution in [0.5, 0.6) is 5.75 Å². The van der Waals surface area contributed by atoms with Crippen molar-refractivity contribution in [1.82, 2.24) is 14.7 Å². The van der Waals surface area contributed by atoms with E-state index in [2.05, 4.69) is 15.5 Å². The van der Waals surface area contributed by atoms with E-state index in [-0.39, 0.29) is 29.5 Å². The fourth-order valence-corrected chi connectivity index (χ4v) is 3.78. The minimum atomic E-state index is -0.372. The van der Waals surface area contributed by atoms with Gasteiger partial charge in [-0.05, 0) is 57.0 Å². The molecule has 4 aromatic rings. The number of aromatic nitrogens is 3. The summed E-state index contributed by atoms with van der Waals surface area (Å²) in [7, 11) is 1.54. The minimum absolute atomic E-state index is 0.118. The van der Waals surface area contributed by atoms with Gasteiger partial charge in [0.15, 0.2) is 0 Å². The maximum absolute atomic E-state index is 13.4. The highest BCUT2D eigenvalue weighted by atomic mass is 16.5. The summed E-state index contributed by atoms with van der Waals surface area (Å²) in [5, 5.41) is 6.88. The Morgan fingerprint density at radius 3 is 2.44 bits per heavy atom. The summed E-state index contributed by atoms with van der Waals surface area (Å²) in [4.78, 5) is 30.7. The zero-order valence-corrected chi connectivity index (χ0v) is 19.8. The number of carbonyl (C=O) groups excluding carboxylic acids is 1. The first-order valence-electron chi connectivity index (χ1n) is 10.8. The van der Waals surface area contributed by atoms with Crippen LogP contribution in [0.3, 0.4) is 0 Å². The van der Waals surface area contributed by atoms with Crippen LogP contribution in [0.4, 0.5) is 5.69 Å². The summed E-state index contributed by atoms with van der Waals surface area (Å²) in [5.41, 5.74) is 4.67. The molecule has 1 amide bonds. The van der Waals surface area contributed by atoms with Gasteiger partial charge in [-0.3, -0.25) is 9.59 Å². The van der Waals surface area contributed by atoms with Gasteiger partial charge in [0.25, 0.3) is 11.4 Å². The molecule has 34 heavy (non-hydrogen) atoms. The minimum Gasteiger partial charge on any atom is -0.495 e. The number of benzene rings is 2. The van der Waals surface area contributed by atoms with E-state index in [1.807, 2.05) is 63.2 Å². The molecular formula is C26H26N4O4. The molecule has 2 heterocycles. The maximum atomic E-state index is 13.4. The maximum Gasteiger partial charge on any atom is 0.264 e. The third kappa shape index (κ3) is 4.61. The van der Waals surface area contributed by atoms with Gasteiger partial charge in [-0.2, -0.15) is 4.98 Å². The van der Waals surface area contributed by atoms with Crippen molar-refractivity contribution < 1.29 is 14.1 Å². The molecule has 0 aliphatic heterocycles. The predicted octanol–water partition coefficient (Wildman–Crippen LogP) is 4.45. The lowest BCUT2D eigenvalue weighted by atomic mass is 10.1. The lowest BCUT2D eigenvalue weighted by molar-refractivity contribution is -0.116. The zero-order valence-electron chi connectivity index (χ0n) is 19.8. The number of nitrogens with zero attached hydrogens (tertiary/aromatic N) is 3. The van der Waals surface area contributed by atoms with Crippen LogP contribution in [0.2, 0.25) is 0 Å². The first-order valence-corrected chi connectivity index (χ1v) is 10.8. The van der Waals surface area contributed by atoms with Crippen LogP contribution in [0.1, 0.15) is 22.4 Å². The summed E-state index contributed by atoms with van der Waals surface area (Å²) in [6.07, 6.45) is 0. The van der Waals surface area contributed by atoms with Gasteiger partial charge < -0.3 is 19.1 Å². The molecular weight excluding hydrogens is 432 g/mol. The molecule has 4 rings (SSSR count). The van der Waals surface area contributed by atoms with E-state index in [9.17, 15) is 9.59 Å². The van der Waals surface area contributed by atoms with Gasteiger partial charge in [-0.25, -0.2) is 0 Å². The fraction of sp³-hybridized carbons (Fsp3) is 0.231. The topological polar surface area (TPSA) is 99.2 Å². The number of aryl methyl sites for hydroxylation is 4. The van der Waals surface area contributed by atoms with Crippen molar-refractivity contribution in [2.24, 2.45) is 0 Å². The van der Waals surface area contributed by atoms with Crippen LogP contribution in [0, 0.1) is 27.7 Å². The number of rotatable bonds is 6. The van der Waals surface area contributed by atoms with Crippen molar-refractivity contribution in [2.45, 2.75) is 34.2 Å². The Morgan fingerprint density at radius 2 is 1.74 bits per heavy atom. The Kier molecular flexibility index (Phi) is 6.32. The first kappa shape index (κ1) is 23.0. The van der Waals surface area contributed by atoms with E-state index in [1.165, 1.54) is 11.7 Å². The van der Waals surface area contributed by atoms with Crippen molar-refractivity contribution in [3.05, 3.63) is 81.3 Å².